The quantitative estimate of drug-likeness (QED) is 0.228. The Balaban J connectivity index is 1.11. The predicted molar refractivity (Wildman–Crippen MR) is 240 cm³/mol. The summed E-state index contributed by atoms with van der Waals surface area (Å²) in [6.07, 6.45) is 8.78. The van der Waals surface area contributed by atoms with E-state index >= 15 is 4.79 Å². The molecule has 63 heavy (non-hydrogen) atoms. The number of hydrogen-bond donors (Lipinski definition) is 1. The number of aromatic nitrogens is 1. The van der Waals surface area contributed by atoms with Crippen molar-refractivity contribution in [1.82, 2.24) is 9.47 Å². The molecule has 3 saturated heterocycles. The lowest BCUT2D eigenvalue weighted by atomic mass is 9.63. The van der Waals surface area contributed by atoms with Crippen molar-refractivity contribution < 1.29 is 47.5 Å². The van der Waals surface area contributed by atoms with Gasteiger partial charge in [0, 0.05) is 75.1 Å². The number of rotatable bonds is 11. The second-order valence-corrected chi connectivity index (χ2v) is 19.9. The molecular formula is C50H75N3O10. The highest BCUT2D eigenvalue weighted by molar-refractivity contribution is 5.99. The Morgan fingerprint density at radius 1 is 0.873 bits per heavy atom. The van der Waals surface area contributed by atoms with Crippen molar-refractivity contribution in [1.29, 1.82) is 0 Å². The van der Waals surface area contributed by atoms with E-state index in [0.717, 1.165) is 68.0 Å². The number of fused-ring (bicyclic) bond motifs is 6. The fourth-order valence-electron chi connectivity index (χ4n) is 12.8. The Bertz CT molecular complexity index is 1920. The van der Waals surface area contributed by atoms with Gasteiger partial charge in [0.1, 0.15) is 24.4 Å². The Morgan fingerprint density at radius 2 is 1.65 bits per heavy atom. The summed E-state index contributed by atoms with van der Waals surface area (Å²) in [7, 11) is 11.3. The maximum Gasteiger partial charge on any atom is 0.306 e. The van der Waals surface area contributed by atoms with Gasteiger partial charge < -0.3 is 52.7 Å². The largest absolute Gasteiger partial charge is 0.462 e. The first-order valence-corrected chi connectivity index (χ1v) is 24.0. The lowest BCUT2D eigenvalue weighted by molar-refractivity contribution is -0.314. The molecule has 1 aromatic heterocycles. The standard InChI is InChI=1S/C50H75N3O10/c1-11-33-13-12-14-42(63-44-18-17-40(52(5)6)28(3)59-44)27(2)46(55)38-25-36-35-24-34(62-50-49(58-10)48(57-9)47(56-8)29(4)60-50)22-31(35)23-39(45(36)37(38)26-43(54)61-33)51-32-15-16-41-30(21-32)19-20-53(41)7/h15-16,19-21,25,27-29,31,33-37,39-40,42,44-45,47-51H,11-14,17-18,22-24,26H2,1-10H3/t27-,28?,29?,31+,33+,34-,35-,36+,37-,39+,40+,42+,44+,45-,47+,48?,49?,50+/m1/s1. The van der Waals surface area contributed by atoms with Crippen molar-refractivity contribution in [3.05, 3.63) is 42.1 Å². The molecule has 6 aliphatic rings. The maximum atomic E-state index is 15.3. The number of carbonyl (C=O) groups excluding carboxylic acids is 2. The summed E-state index contributed by atoms with van der Waals surface area (Å²) in [5.41, 5.74) is 2.96. The van der Waals surface area contributed by atoms with E-state index in [1.54, 1.807) is 21.3 Å². The van der Waals surface area contributed by atoms with Crippen LogP contribution in [0.4, 0.5) is 5.69 Å². The number of cyclic esters (lactones) is 1. The fraction of sp³-hybridized carbons (Fsp3) is 0.760. The lowest BCUT2D eigenvalue weighted by Crippen LogP contribution is -2.59. The maximum absolute atomic E-state index is 15.3. The summed E-state index contributed by atoms with van der Waals surface area (Å²) in [6, 6.07) is 9.00. The first-order chi connectivity index (χ1) is 30.3. The SMILES string of the molecule is CC[C@H]1CCC[C@H](O[C@H]2CC[C@H](N(C)C)C(C)O2)[C@@H](C)C(=O)C2=C[C@H]3[C@@H]4C[C@H](O[C@@H]5OC(C)[C@H](OC)C(OC)C5OC)C[C@H]4C[C@H](Nc4ccc5c(ccn5C)c4)[C@H]3[C@@H]2CC(=O)O1. The van der Waals surface area contributed by atoms with E-state index < -0.39 is 18.3 Å². The molecule has 350 valence electrons. The van der Waals surface area contributed by atoms with E-state index in [-0.39, 0.29) is 96.9 Å². The summed E-state index contributed by atoms with van der Waals surface area (Å²) < 4.78 is 52.8. The second kappa shape index (κ2) is 19.9. The molecule has 13 heteroatoms. The number of likely N-dealkylation sites (N-methyl/N-ethyl adjacent to an activating group) is 1. The molecule has 3 aliphatic heterocycles. The molecule has 18 atom stereocenters. The van der Waals surface area contributed by atoms with Crippen LogP contribution in [0.1, 0.15) is 91.9 Å². The number of allylic oxidation sites excluding steroid dienone is 2. The molecule has 5 fully saturated rings. The third kappa shape index (κ3) is 9.55. The molecule has 1 N–H and O–H groups in total. The third-order valence-electron chi connectivity index (χ3n) is 16.0. The van der Waals surface area contributed by atoms with Gasteiger partial charge in [-0.05, 0) is 139 Å². The van der Waals surface area contributed by atoms with E-state index in [1.165, 1.54) is 5.52 Å². The summed E-state index contributed by atoms with van der Waals surface area (Å²) in [5, 5.41) is 5.16. The van der Waals surface area contributed by atoms with Crippen LogP contribution in [0.5, 0.6) is 0 Å². The van der Waals surface area contributed by atoms with Gasteiger partial charge in [0.05, 0.1) is 30.8 Å². The normalized spacial score (nSPS) is 41.3. The summed E-state index contributed by atoms with van der Waals surface area (Å²) >= 11 is 0. The first kappa shape index (κ1) is 46.6. The van der Waals surface area contributed by atoms with Gasteiger partial charge >= 0.3 is 5.97 Å². The van der Waals surface area contributed by atoms with Crippen LogP contribution in [-0.2, 0) is 54.5 Å². The molecule has 0 bridgehead atoms. The lowest BCUT2D eigenvalue weighted by Gasteiger charge is -2.45. The highest BCUT2D eigenvalue weighted by atomic mass is 16.7. The van der Waals surface area contributed by atoms with Gasteiger partial charge in [0.25, 0.3) is 0 Å². The van der Waals surface area contributed by atoms with Crippen molar-refractivity contribution in [2.45, 2.75) is 165 Å². The molecule has 1 aromatic carbocycles. The van der Waals surface area contributed by atoms with E-state index in [9.17, 15) is 4.79 Å². The monoisotopic (exact) mass is 878 g/mol. The minimum atomic E-state index is -0.628. The number of nitrogens with zero attached hydrogens (tertiary/aromatic N) is 2. The molecular weight excluding hydrogens is 803 g/mol. The van der Waals surface area contributed by atoms with Crippen LogP contribution in [-0.4, -0.2) is 130 Å². The van der Waals surface area contributed by atoms with Crippen molar-refractivity contribution >= 4 is 28.3 Å². The molecule has 3 aliphatic carbocycles. The van der Waals surface area contributed by atoms with Gasteiger partial charge in [-0.1, -0.05) is 19.9 Å². The van der Waals surface area contributed by atoms with E-state index in [0.29, 0.717) is 18.4 Å². The summed E-state index contributed by atoms with van der Waals surface area (Å²) in [4.78, 5) is 31.6. The number of nitrogens with one attached hydrogen (secondary N) is 1. The van der Waals surface area contributed by atoms with Crippen molar-refractivity contribution in [3.63, 3.8) is 0 Å². The molecule has 2 aromatic rings. The predicted octanol–water partition coefficient (Wildman–Crippen LogP) is 7.29. The summed E-state index contributed by atoms with van der Waals surface area (Å²) in [6.45, 7) is 8.23. The molecule has 2 saturated carbocycles. The molecule has 8 rings (SSSR count). The number of anilines is 1. The van der Waals surface area contributed by atoms with E-state index in [4.69, 9.17) is 37.9 Å². The van der Waals surface area contributed by atoms with E-state index in [2.05, 4.69) is 86.3 Å². The van der Waals surface area contributed by atoms with Crippen LogP contribution in [0.2, 0.25) is 0 Å². The van der Waals surface area contributed by atoms with Crippen molar-refractivity contribution in [2.24, 2.45) is 42.6 Å². The number of aryl methyl sites for hydroxylation is 1. The molecule has 4 heterocycles. The number of hydrogen-bond acceptors (Lipinski definition) is 12. The van der Waals surface area contributed by atoms with Crippen molar-refractivity contribution in [3.8, 4) is 0 Å². The minimum Gasteiger partial charge on any atom is -0.462 e. The van der Waals surface area contributed by atoms with Crippen LogP contribution in [0.25, 0.3) is 10.9 Å². The average Bonchev–Trinajstić information content (AvgIpc) is 3.96. The van der Waals surface area contributed by atoms with Gasteiger partial charge in [-0.3, -0.25) is 9.59 Å². The Kier molecular flexibility index (Phi) is 14.7. The number of carbonyl (C=O) groups is 2. The Morgan fingerprint density at radius 3 is 2.37 bits per heavy atom. The topological polar surface area (TPSA) is 128 Å². The van der Waals surface area contributed by atoms with Gasteiger partial charge in [-0.2, -0.15) is 0 Å². The molecule has 0 spiro atoms. The van der Waals surface area contributed by atoms with Crippen LogP contribution in [0.3, 0.4) is 0 Å². The Hall–Kier alpha value is -2.88. The third-order valence-corrected chi connectivity index (χ3v) is 16.0. The molecule has 4 unspecified atom stereocenters. The van der Waals surface area contributed by atoms with Gasteiger partial charge in [0.15, 0.2) is 18.4 Å². The number of ether oxygens (including phenoxy) is 8. The highest BCUT2D eigenvalue weighted by Gasteiger charge is 2.57. The van der Waals surface area contributed by atoms with Crippen LogP contribution in [0.15, 0.2) is 42.1 Å². The number of esters is 1. The molecule has 13 nitrogen and oxygen atoms in total. The van der Waals surface area contributed by atoms with E-state index in [1.807, 2.05) is 13.8 Å². The minimum absolute atomic E-state index is 0.00692. The fourth-order valence-corrected chi connectivity index (χ4v) is 12.8. The first-order valence-electron chi connectivity index (χ1n) is 24.0. The zero-order chi connectivity index (χ0) is 44.7. The summed E-state index contributed by atoms with van der Waals surface area (Å²) in [5.74, 6) is -0.274. The highest BCUT2D eigenvalue weighted by Crippen LogP contribution is 2.57. The molecule has 0 radical (unpaired) electrons. The second-order valence-electron chi connectivity index (χ2n) is 19.9. The van der Waals surface area contributed by atoms with Crippen LogP contribution < -0.4 is 5.32 Å². The van der Waals surface area contributed by atoms with Gasteiger partial charge in [-0.15, -0.1) is 0 Å². The smallest absolute Gasteiger partial charge is 0.306 e. The van der Waals surface area contributed by atoms with Crippen LogP contribution >= 0.6 is 0 Å². The van der Waals surface area contributed by atoms with Gasteiger partial charge in [0.2, 0.25) is 0 Å². The molecule has 0 amide bonds. The Labute approximate surface area is 375 Å². The zero-order valence-electron chi connectivity index (χ0n) is 39.4. The zero-order valence-corrected chi connectivity index (χ0v) is 39.4. The van der Waals surface area contributed by atoms with Crippen LogP contribution in [0, 0.1) is 35.5 Å². The number of benzene rings is 1. The number of ketones is 1. The van der Waals surface area contributed by atoms with Gasteiger partial charge in [-0.25, -0.2) is 0 Å². The number of methoxy groups -OCH3 is 3. The number of Topliss-reactive ketones (excluding diaryl/α,β-unsaturated/α-hetero) is 1. The van der Waals surface area contributed by atoms with Crippen molar-refractivity contribution in [2.75, 3.05) is 40.7 Å². The average molecular weight is 878 g/mol.